The van der Waals surface area contributed by atoms with Crippen LogP contribution in [0.2, 0.25) is 0 Å². The summed E-state index contributed by atoms with van der Waals surface area (Å²) in [5.41, 5.74) is 0. The van der Waals surface area contributed by atoms with Crippen molar-refractivity contribution in [2.45, 2.75) is 39.5 Å². The van der Waals surface area contributed by atoms with Gasteiger partial charge in [0.2, 0.25) is 0 Å². The zero-order chi connectivity index (χ0) is 8.53. The van der Waals surface area contributed by atoms with Crippen LogP contribution in [0.15, 0.2) is 0 Å². The van der Waals surface area contributed by atoms with Crippen molar-refractivity contribution in [1.29, 1.82) is 0 Å². The number of rotatable bonds is 7. The Kier molecular flexibility index (Phi) is 14.5. The first-order valence-corrected chi connectivity index (χ1v) is 5.75. The van der Waals surface area contributed by atoms with E-state index in [9.17, 15) is 4.57 Å². The van der Waals surface area contributed by atoms with E-state index in [1.54, 1.807) is 0 Å². The second-order valence-electron chi connectivity index (χ2n) is 2.60. The Morgan fingerprint density at radius 3 is 2.25 bits per heavy atom. The monoisotopic (exact) mass is 235 g/mol. The maximum Gasteiger partial charge on any atom is 0.508 e. The van der Waals surface area contributed by atoms with Crippen molar-refractivity contribution < 1.29 is 25.6 Å². The molecule has 0 aromatic heterocycles. The van der Waals surface area contributed by atoms with Crippen molar-refractivity contribution in [3.05, 3.63) is 0 Å². The molecule has 0 aliphatic carbocycles. The van der Waals surface area contributed by atoms with Gasteiger partial charge in [-0.05, 0) is 17.4 Å². The normalized spacial score (nSPS) is 10.7. The molecule has 0 radical (unpaired) electrons. The average Bonchev–Trinajstić information content (AvgIpc) is 2.01. The van der Waals surface area contributed by atoms with Crippen molar-refractivity contribution in [2.75, 3.05) is 12.8 Å². The molecule has 0 spiro atoms. The molecular weight excluding hydrogens is 218 g/mol. The van der Waals surface area contributed by atoms with Crippen molar-refractivity contribution in [1.82, 2.24) is 0 Å². The fraction of sp³-hybridized carbons (Fsp3) is 1.00. The molecule has 0 rings (SSSR count). The smallest absolute Gasteiger partial charge is 0.146 e. The minimum Gasteiger partial charge on any atom is -0.146 e. The molecule has 4 heteroatoms. The minimum atomic E-state index is -1.35. The van der Waals surface area contributed by atoms with Crippen molar-refractivity contribution in [3.63, 3.8) is 0 Å². The van der Waals surface area contributed by atoms with Gasteiger partial charge in [0.1, 0.15) is 6.61 Å². The van der Waals surface area contributed by atoms with Crippen LogP contribution < -0.4 is 0 Å². The van der Waals surface area contributed by atoms with E-state index in [4.69, 9.17) is 4.52 Å². The molecule has 0 fully saturated rings. The van der Waals surface area contributed by atoms with Gasteiger partial charge >= 0.3 is 8.03 Å². The van der Waals surface area contributed by atoms with Gasteiger partial charge in [0.25, 0.3) is 0 Å². The molecule has 1 atom stereocenters. The number of unbranched alkanes of at least 4 members (excludes halogenated alkanes) is 2. The summed E-state index contributed by atoms with van der Waals surface area (Å²) in [4.78, 5) is 0. The SMILES string of the molecule is CCCCO[P+](=O)CCCC.[Ni]. The summed E-state index contributed by atoms with van der Waals surface area (Å²) in [5.74, 6) is 0. The van der Waals surface area contributed by atoms with E-state index in [-0.39, 0.29) is 16.5 Å². The maximum absolute atomic E-state index is 11.0. The van der Waals surface area contributed by atoms with E-state index in [0.29, 0.717) is 6.61 Å². The second-order valence-corrected chi connectivity index (χ2v) is 3.97. The maximum atomic E-state index is 11.0. The Labute approximate surface area is 86.2 Å². The molecule has 0 aromatic carbocycles. The number of hydrogen-bond acceptors (Lipinski definition) is 2. The quantitative estimate of drug-likeness (QED) is 0.385. The fourth-order valence-electron chi connectivity index (χ4n) is 0.662. The molecule has 12 heavy (non-hydrogen) atoms. The standard InChI is InChI=1S/C8H18O2P.Ni/c1-3-5-7-10-11(9)8-6-4-2;/h3-8H2,1-2H3;/q+1;. The van der Waals surface area contributed by atoms with Gasteiger partial charge < -0.3 is 0 Å². The Bertz CT molecular complexity index is 109. The van der Waals surface area contributed by atoms with Gasteiger partial charge in [-0.2, -0.15) is 0 Å². The van der Waals surface area contributed by atoms with E-state index in [1.165, 1.54) is 0 Å². The molecule has 0 aliphatic heterocycles. The Morgan fingerprint density at radius 1 is 1.17 bits per heavy atom. The summed E-state index contributed by atoms with van der Waals surface area (Å²) >= 11 is 0. The van der Waals surface area contributed by atoms with Crippen LogP contribution in [0.1, 0.15) is 39.5 Å². The third kappa shape index (κ3) is 10.6. The van der Waals surface area contributed by atoms with Crippen LogP contribution in [0.4, 0.5) is 0 Å². The van der Waals surface area contributed by atoms with Gasteiger partial charge in [-0.3, -0.25) is 0 Å². The largest absolute Gasteiger partial charge is 0.508 e. The van der Waals surface area contributed by atoms with Crippen molar-refractivity contribution >= 4 is 8.03 Å². The Balaban J connectivity index is 0. The summed E-state index contributed by atoms with van der Waals surface area (Å²) in [5, 5.41) is 0. The fourth-order valence-corrected chi connectivity index (χ4v) is 1.70. The molecule has 0 saturated carbocycles. The van der Waals surface area contributed by atoms with Gasteiger partial charge in [-0.25, -0.2) is 0 Å². The Morgan fingerprint density at radius 2 is 1.75 bits per heavy atom. The molecule has 76 valence electrons. The van der Waals surface area contributed by atoms with Gasteiger partial charge in [-0.15, -0.1) is 4.52 Å². The van der Waals surface area contributed by atoms with Gasteiger partial charge in [-0.1, -0.05) is 26.7 Å². The van der Waals surface area contributed by atoms with Gasteiger partial charge in [0.15, 0.2) is 6.16 Å². The van der Waals surface area contributed by atoms with Gasteiger partial charge in [0, 0.05) is 16.5 Å². The zero-order valence-corrected chi connectivity index (χ0v) is 9.70. The van der Waals surface area contributed by atoms with E-state index < -0.39 is 8.03 Å². The van der Waals surface area contributed by atoms with E-state index in [0.717, 1.165) is 31.8 Å². The molecule has 0 amide bonds. The van der Waals surface area contributed by atoms with Crippen LogP contribution in [0.5, 0.6) is 0 Å². The summed E-state index contributed by atoms with van der Waals surface area (Å²) in [6.45, 7) is 4.85. The third-order valence-corrected chi connectivity index (χ3v) is 2.58. The molecule has 0 saturated heterocycles. The van der Waals surface area contributed by atoms with Crippen molar-refractivity contribution in [2.24, 2.45) is 0 Å². The molecular formula is C8H18NiO2P+. The molecule has 2 nitrogen and oxygen atoms in total. The third-order valence-electron chi connectivity index (χ3n) is 1.43. The molecule has 0 aromatic rings. The molecule has 0 heterocycles. The van der Waals surface area contributed by atoms with Crippen LogP contribution in [0.25, 0.3) is 0 Å². The molecule has 0 bridgehead atoms. The Hall–Kier alpha value is 0.554. The first-order valence-electron chi connectivity index (χ1n) is 4.38. The molecule has 1 unspecified atom stereocenters. The van der Waals surface area contributed by atoms with E-state index >= 15 is 0 Å². The van der Waals surface area contributed by atoms with Crippen LogP contribution in [-0.4, -0.2) is 12.8 Å². The topological polar surface area (TPSA) is 26.3 Å². The average molecular weight is 236 g/mol. The molecule has 0 aliphatic rings. The van der Waals surface area contributed by atoms with Crippen LogP contribution in [-0.2, 0) is 25.6 Å². The van der Waals surface area contributed by atoms with Crippen LogP contribution in [0, 0.1) is 0 Å². The second kappa shape index (κ2) is 11.6. The first-order chi connectivity index (χ1) is 5.31. The first kappa shape index (κ1) is 15.0. The summed E-state index contributed by atoms with van der Waals surface area (Å²) in [6, 6.07) is 0. The zero-order valence-electron chi connectivity index (χ0n) is 7.82. The van der Waals surface area contributed by atoms with Crippen LogP contribution in [0.3, 0.4) is 0 Å². The summed E-state index contributed by atoms with van der Waals surface area (Å²) in [6.07, 6.45) is 4.97. The summed E-state index contributed by atoms with van der Waals surface area (Å²) in [7, 11) is -1.35. The van der Waals surface area contributed by atoms with E-state index in [2.05, 4.69) is 13.8 Å². The predicted molar refractivity (Wildman–Crippen MR) is 48.2 cm³/mol. The van der Waals surface area contributed by atoms with Crippen LogP contribution >= 0.6 is 8.03 Å². The summed E-state index contributed by atoms with van der Waals surface area (Å²) < 4.78 is 16.1. The molecule has 0 N–H and O–H groups in total. The van der Waals surface area contributed by atoms with E-state index in [1.807, 2.05) is 0 Å². The minimum absolute atomic E-state index is 0. The van der Waals surface area contributed by atoms with Crippen molar-refractivity contribution in [3.8, 4) is 0 Å². The van der Waals surface area contributed by atoms with Gasteiger partial charge in [0.05, 0.1) is 0 Å². The predicted octanol–water partition coefficient (Wildman–Crippen LogP) is 3.34. The number of hydrogen-bond donors (Lipinski definition) is 0.